The summed E-state index contributed by atoms with van der Waals surface area (Å²) in [5, 5.41) is 3.45. The van der Waals surface area contributed by atoms with Crippen LogP contribution in [0.25, 0.3) is 0 Å². The zero-order valence-corrected chi connectivity index (χ0v) is 13.9. The molecule has 0 aromatic heterocycles. The number of rotatable bonds is 2. The lowest BCUT2D eigenvalue weighted by Crippen LogP contribution is -2.56. The van der Waals surface area contributed by atoms with Crippen LogP contribution in [0.3, 0.4) is 0 Å². The molecule has 22 heavy (non-hydrogen) atoms. The summed E-state index contributed by atoms with van der Waals surface area (Å²) in [7, 11) is 2.14. The fraction of sp³-hybridized carbons (Fsp3) is 0.947. The molecular formula is C19H30N2O. The normalized spacial score (nSPS) is 47.7. The van der Waals surface area contributed by atoms with E-state index in [1.165, 1.54) is 51.4 Å². The van der Waals surface area contributed by atoms with Gasteiger partial charge in [-0.1, -0.05) is 0 Å². The van der Waals surface area contributed by atoms with Crippen molar-refractivity contribution in [2.24, 2.45) is 35.0 Å². The van der Waals surface area contributed by atoms with E-state index in [0.717, 1.165) is 36.8 Å². The first kappa shape index (κ1) is 13.8. The predicted molar refractivity (Wildman–Crippen MR) is 86.2 cm³/mol. The molecular weight excluding hydrogens is 272 g/mol. The Labute approximate surface area is 134 Å². The number of nitrogens with one attached hydrogen (secondary N) is 1. The molecule has 1 N–H and O–H groups in total. The van der Waals surface area contributed by atoms with Gasteiger partial charge in [-0.3, -0.25) is 4.79 Å². The molecule has 122 valence electrons. The summed E-state index contributed by atoms with van der Waals surface area (Å²) in [5.74, 6) is 4.51. The number of carbonyl (C=O) groups excluding carboxylic acids is 1. The highest BCUT2D eigenvalue weighted by molar-refractivity contribution is 5.83. The number of hydrogen-bond acceptors (Lipinski definition) is 2. The van der Waals surface area contributed by atoms with Crippen molar-refractivity contribution in [3.63, 3.8) is 0 Å². The molecule has 3 nitrogen and oxygen atoms in total. The van der Waals surface area contributed by atoms with Crippen molar-refractivity contribution in [2.75, 3.05) is 20.1 Å². The van der Waals surface area contributed by atoms with E-state index in [-0.39, 0.29) is 0 Å². The molecule has 6 rings (SSSR count). The smallest absolute Gasteiger partial charge is 0.226 e. The van der Waals surface area contributed by atoms with Gasteiger partial charge in [-0.05, 0) is 93.5 Å². The Morgan fingerprint density at radius 2 is 1.59 bits per heavy atom. The van der Waals surface area contributed by atoms with E-state index in [9.17, 15) is 4.79 Å². The van der Waals surface area contributed by atoms with Crippen LogP contribution in [0.4, 0.5) is 0 Å². The maximum atomic E-state index is 13.1. The minimum Gasteiger partial charge on any atom is -0.342 e. The first-order chi connectivity index (χ1) is 10.7. The molecule has 0 aromatic rings. The second-order valence-electron chi connectivity index (χ2n) is 9.24. The van der Waals surface area contributed by atoms with Crippen molar-refractivity contribution >= 4 is 5.91 Å². The second kappa shape index (κ2) is 4.72. The fourth-order valence-electron chi connectivity index (χ4n) is 7.10. The Kier molecular flexibility index (Phi) is 2.97. The highest BCUT2D eigenvalue weighted by Crippen LogP contribution is 2.60. The van der Waals surface area contributed by atoms with E-state index in [1.54, 1.807) is 0 Å². The van der Waals surface area contributed by atoms with Crippen LogP contribution in [0.2, 0.25) is 0 Å². The summed E-state index contributed by atoms with van der Waals surface area (Å²) in [6.07, 6.45) is 10.8. The van der Waals surface area contributed by atoms with E-state index in [0.29, 0.717) is 23.3 Å². The van der Waals surface area contributed by atoms with E-state index in [1.807, 2.05) is 0 Å². The van der Waals surface area contributed by atoms with Crippen LogP contribution in [0.1, 0.15) is 51.4 Å². The van der Waals surface area contributed by atoms with Crippen LogP contribution < -0.4 is 5.32 Å². The average molecular weight is 302 g/mol. The molecule has 1 amide bonds. The van der Waals surface area contributed by atoms with Crippen LogP contribution in [0, 0.1) is 35.0 Å². The first-order valence-corrected chi connectivity index (χ1v) is 9.64. The lowest BCUT2D eigenvalue weighted by atomic mass is 9.54. The highest BCUT2D eigenvalue weighted by Gasteiger charge is 2.60. The largest absolute Gasteiger partial charge is 0.342 e. The number of hydrogen-bond donors (Lipinski definition) is 1. The van der Waals surface area contributed by atoms with Gasteiger partial charge in [0.25, 0.3) is 0 Å². The van der Waals surface area contributed by atoms with Gasteiger partial charge in [-0.25, -0.2) is 0 Å². The quantitative estimate of drug-likeness (QED) is 0.850. The molecule has 0 radical (unpaired) electrons. The van der Waals surface area contributed by atoms with Crippen LogP contribution >= 0.6 is 0 Å². The molecule has 1 saturated heterocycles. The molecule has 0 aromatic carbocycles. The van der Waals surface area contributed by atoms with E-state index in [2.05, 4.69) is 17.3 Å². The number of piperidine rings is 1. The van der Waals surface area contributed by atoms with Crippen molar-refractivity contribution in [3.05, 3.63) is 0 Å². The maximum Gasteiger partial charge on any atom is 0.226 e. The zero-order chi connectivity index (χ0) is 14.9. The fourth-order valence-corrected chi connectivity index (χ4v) is 7.10. The minimum absolute atomic E-state index is 0.358. The summed E-state index contributed by atoms with van der Waals surface area (Å²) in [6, 6.07) is 0.583. The molecule has 6 fully saturated rings. The third-order valence-electron chi connectivity index (χ3n) is 8.06. The molecule has 6 aliphatic rings. The van der Waals surface area contributed by atoms with Crippen molar-refractivity contribution in [1.29, 1.82) is 0 Å². The summed E-state index contributed by atoms with van der Waals surface area (Å²) >= 11 is 0. The maximum absolute atomic E-state index is 13.1. The Bertz CT molecular complexity index is 454. The van der Waals surface area contributed by atoms with Crippen molar-refractivity contribution < 1.29 is 4.79 Å². The van der Waals surface area contributed by atoms with Gasteiger partial charge >= 0.3 is 0 Å². The first-order valence-electron chi connectivity index (χ1n) is 9.64. The van der Waals surface area contributed by atoms with E-state index < -0.39 is 0 Å². The number of amides is 1. The monoisotopic (exact) mass is 302 g/mol. The molecule has 1 aliphatic heterocycles. The van der Waals surface area contributed by atoms with Gasteiger partial charge in [0.1, 0.15) is 0 Å². The molecule has 1 unspecified atom stereocenters. The molecule has 1 atom stereocenters. The Hall–Kier alpha value is -0.570. The summed E-state index contributed by atoms with van der Waals surface area (Å²) in [6.45, 7) is 2.23. The van der Waals surface area contributed by atoms with Crippen LogP contribution in [0.5, 0.6) is 0 Å². The molecule has 1 spiro atoms. The topological polar surface area (TPSA) is 32.3 Å². The standard InChI is InChI=1S/C19H30N2O/c1-21(18(22)16-11-19(16)2-4-20-5-3-19)17-14-7-12-6-13(9-14)10-15(17)8-12/h12-17,20H,2-11H2,1H3. The molecule has 3 heteroatoms. The lowest BCUT2D eigenvalue weighted by Gasteiger charge is -2.56. The van der Waals surface area contributed by atoms with Gasteiger partial charge in [0.2, 0.25) is 5.91 Å². The van der Waals surface area contributed by atoms with E-state index in [4.69, 9.17) is 0 Å². The van der Waals surface area contributed by atoms with Crippen LogP contribution in [-0.4, -0.2) is 37.0 Å². The van der Waals surface area contributed by atoms with Gasteiger partial charge in [0.05, 0.1) is 0 Å². The molecule has 4 bridgehead atoms. The number of nitrogens with zero attached hydrogens (tertiary/aromatic N) is 1. The van der Waals surface area contributed by atoms with E-state index >= 15 is 0 Å². The summed E-state index contributed by atoms with van der Waals surface area (Å²) in [4.78, 5) is 15.4. The third-order valence-corrected chi connectivity index (χ3v) is 8.06. The Morgan fingerprint density at radius 1 is 1.00 bits per heavy atom. The van der Waals surface area contributed by atoms with Crippen molar-refractivity contribution in [2.45, 2.75) is 57.4 Å². The van der Waals surface area contributed by atoms with Crippen LogP contribution in [-0.2, 0) is 4.79 Å². The predicted octanol–water partition coefficient (Wildman–Crippen LogP) is 2.66. The average Bonchev–Trinajstić information content (AvgIpc) is 3.19. The molecule has 1 heterocycles. The Balaban J connectivity index is 1.30. The summed E-state index contributed by atoms with van der Waals surface area (Å²) < 4.78 is 0. The minimum atomic E-state index is 0.358. The van der Waals surface area contributed by atoms with Gasteiger partial charge in [0.15, 0.2) is 0 Å². The summed E-state index contributed by atoms with van der Waals surface area (Å²) in [5.41, 5.74) is 0.391. The van der Waals surface area contributed by atoms with Gasteiger partial charge < -0.3 is 10.2 Å². The van der Waals surface area contributed by atoms with Gasteiger partial charge in [0, 0.05) is 19.0 Å². The van der Waals surface area contributed by atoms with Crippen molar-refractivity contribution in [1.82, 2.24) is 10.2 Å². The lowest BCUT2D eigenvalue weighted by molar-refractivity contribution is -0.143. The second-order valence-corrected chi connectivity index (χ2v) is 9.24. The van der Waals surface area contributed by atoms with Crippen LogP contribution in [0.15, 0.2) is 0 Å². The highest BCUT2D eigenvalue weighted by atomic mass is 16.2. The zero-order valence-electron chi connectivity index (χ0n) is 13.9. The molecule has 5 aliphatic carbocycles. The molecule has 5 saturated carbocycles. The van der Waals surface area contributed by atoms with Gasteiger partial charge in [-0.2, -0.15) is 0 Å². The third kappa shape index (κ3) is 1.93. The number of carbonyl (C=O) groups is 1. The van der Waals surface area contributed by atoms with Crippen molar-refractivity contribution in [3.8, 4) is 0 Å². The Morgan fingerprint density at radius 3 is 2.18 bits per heavy atom. The SMILES string of the molecule is CN(C(=O)C1CC12CCNCC2)C1C2CC3CC(C2)CC1C3. The van der Waals surface area contributed by atoms with Gasteiger partial charge in [-0.15, -0.1) is 0 Å².